The van der Waals surface area contributed by atoms with E-state index in [-0.39, 0.29) is 5.69 Å². The molecule has 0 saturated carbocycles. The third-order valence-electron chi connectivity index (χ3n) is 4.03. The molecule has 1 saturated heterocycles. The van der Waals surface area contributed by atoms with Crippen molar-refractivity contribution in [2.75, 3.05) is 31.2 Å². The van der Waals surface area contributed by atoms with Crippen molar-refractivity contribution in [1.29, 1.82) is 0 Å². The highest BCUT2D eigenvalue weighted by molar-refractivity contribution is 6.30. The molecule has 0 aromatic heterocycles. The van der Waals surface area contributed by atoms with Crippen LogP contribution in [0.3, 0.4) is 0 Å². The second-order valence-electron chi connectivity index (χ2n) is 5.81. The topological polar surface area (TPSA) is 97.1 Å². The van der Waals surface area contributed by atoms with E-state index in [1.165, 1.54) is 12.3 Å². The number of benzene rings is 2. The van der Waals surface area contributed by atoms with E-state index in [9.17, 15) is 14.9 Å². The molecule has 0 unspecified atom stereocenters. The summed E-state index contributed by atoms with van der Waals surface area (Å²) in [7, 11) is 0. The van der Waals surface area contributed by atoms with Crippen molar-refractivity contribution in [3.8, 4) is 0 Å². The van der Waals surface area contributed by atoms with Crippen LogP contribution in [0.25, 0.3) is 0 Å². The van der Waals surface area contributed by atoms with Crippen LogP contribution in [0.4, 0.5) is 11.4 Å². The van der Waals surface area contributed by atoms with Gasteiger partial charge >= 0.3 is 0 Å². The molecule has 1 fully saturated rings. The van der Waals surface area contributed by atoms with Gasteiger partial charge in [0, 0.05) is 35.3 Å². The highest BCUT2D eigenvalue weighted by atomic mass is 35.5. The van der Waals surface area contributed by atoms with Gasteiger partial charge in [0.25, 0.3) is 11.6 Å². The Bertz CT molecular complexity index is 864. The van der Waals surface area contributed by atoms with Crippen LogP contribution >= 0.6 is 11.6 Å². The number of halogens is 1. The molecule has 0 spiro atoms. The number of nitrogens with zero attached hydrogens (tertiary/aromatic N) is 3. The smallest absolute Gasteiger partial charge is 0.293 e. The molecular formula is C18H17ClN4O4. The van der Waals surface area contributed by atoms with Crippen molar-refractivity contribution in [3.63, 3.8) is 0 Å². The molecule has 1 aliphatic heterocycles. The summed E-state index contributed by atoms with van der Waals surface area (Å²) >= 11 is 5.78. The van der Waals surface area contributed by atoms with Crippen LogP contribution in [0.2, 0.25) is 5.02 Å². The molecule has 0 bridgehead atoms. The van der Waals surface area contributed by atoms with Gasteiger partial charge in [-0.15, -0.1) is 0 Å². The Kier molecular flexibility index (Phi) is 6.00. The fourth-order valence-electron chi connectivity index (χ4n) is 2.67. The molecule has 2 aromatic rings. The number of carbonyl (C=O) groups is 1. The number of hydrogen-bond acceptors (Lipinski definition) is 6. The van der Waals surface area contributed by atoms with Crippen LogP contribution < -0.4 is 10.3 Å². The van der Waals surface area contributed by atoms with E-state index in [0.717, 1.165) is 0 Å². The first kappa shape index (κ1) is 18.8. The summed E-state index contributed by atoms with van der Waals surface area (Å²) in [4.78, 5) is 24.9. The fourth-order valence-corrected chi connectivity index (χ4v) is 2.80. The Balaban J connectivity index is 1.71. The maximum Gasteiger partial charge on any atom is 0.293 e. The normalized spacial score (nSPS) is 14.3. The molecule has 8 nitrogen and oxygen atoms in total. The van der Waals surface area contributed by atoms with Gasteiger partial charge in [0.1, 0.15) is 5.69 Å². The summed E-state index contributed by atoms with van der Waals surface area (Å²) in [6, 6.07) is 11.2. The van der Waals surface area contributed by atoms with Gasteiger partial charge in [0.2, 0.25) is 0 Å². The minimum absolute atomic E-state index is 0.00937. The van der Waals surface area contributed by atoms with Gasteiger partial charge in [0.05, 0.1) is 24.4 Å². The number of anilines is 1. The quantitative estimate of drug-likeness (QED) is 0.482. The molecule has 3 rings (SSSR count). The molecule has 1 heterocycles. The van der Waals surface area contributed by atoms with Gasteiger partial charge in [0.15, 0.2) is 0 Å². The molecule has 9 heteroatoms. The molecule has 1 aliphatic rings. The highest BCUT2D eigenvalue weighted by Gasteiger charge is 2.21. The zero-order valence-corrected chi connectivity index (χ0v) is 15.1. The number of nitro groups is 1. The lowest BCUT2D eigenvalue weighted by Crippen LogP contribution is -2.36. The zero-order chi connectivity index (χ0) is 19.2. The van der Waals surface area contributed by atoms with Gasteiger partial charge < -0.3 is 9.64 Å². The van der Waals surface area contributed by atoms with Gasteiger partial charge in [-0.25, -0.2) is 5.43 Å². The van der Waals surface area contributed by atoms with E-state index in [1.54, 1.807) is 36.4 Å². The van der Waals surface area contributed by atoms with Crippen LogP contribution in [0.1, 0.15) is 15.9 Å². The number of rotatable bonds is 5. The van der Waals surface area contributed by atoms with Crippen molar-refractivity contribution in [2.24, 2.45) is 5.10 Å². The fraction of sp³-hybridized carbons (Fsp3) is 0.222. The molecule has 0 radical (unpaired) electrons. The molecule has 2 aromatic carbocycles. The van der Waals surface area contributed by atoms with E-state index >= 15 is 0 Å². The van der Waals surface area contributed by atoms with Crippen molar-refractivity contribution < 1.29 is 14.5 Å². The molecule has 1 N–H and O–H groups in total. The summed E-state index contributed by atoms with van der Waals surface area (Å²) in [5, 5.41) is 15.8. The second-order valence-corrected chi connectivity index (χ2v) is 6.25. The number of amides is 1. The number of ether oxygens (including phenoxy) is 1. The van der Waals surface area contributed by atoms with Gasteiger partial charge in [-0.2, -0.15) is 5.10 Å². The molecular weight excluding hydrogens is 372 g/mol. The Hall–Kier alpha value is -2.97. The van der Waals surface area contributed by atoms with Crippen LogP contribution in [0.15, 0.2) is 47.6 Å². The van der Waals surface area contributed by atoms with Gasteiger partial charge in [-0.3, -0.25) is 14.9 Å². The summed E-state index contributed by atoms with van der Waals surface area (Å²) in [6.07, 6.45) is 1.36. The Morgan fingerprint density at radius 3 is 2.59 bits per heavy atom. The average Bonchev–Trinajstić information content (AvgIpc) is 2.69. The molecule has 140 valence electrons. The zero-order valence-electron chi connectivity index (χ0n) is 14.3. The van der Waals surface area contributed by atoms with Crippen LogP contribution in [0, 0.1) is 10.1 Å². The second kappa shape index (κ2) is 8.61. The first-order valence-electron chi connectivity index (χ1n) is 8.25. The van der Waals surface area contributed by atoms with E-state index in [4.69, 9.17) is 16.3 Å². The van der Waals surface area contributed by atoms with Gasteiger partial charge in [-0.05, 0) is 30.3 Å². The SMILES string of the molecule is O=C(NN=Cc1ccc(N2CCOCC2)c([N+](=O)[O-])c1)c1ccc(Cl)cc1. The van der Waals surface area contributed by atoms with E-state index in [1.807, 2.05) is 4.90 Å². The summed E-state index contributed by atoms with van der Waals surface area (Å²) in [5.74, 6) is -0.401. The summed E-state index contributed by atoms with van der Waals surface area (Å²) in [5.41, 5.74) is 3.84. The number of morpholine rings is 1. The Morgan fingerprint density at radius 1 is 1.22 bits per heavy atom. The number of nitrogens with one attached hydrogen (secondary N) is 1. The summed E-state index contributed by atoms with van der Waals surface area (Å²) < 4.78 is 5.28. The maximum atomic E-state index is 12.0. The van der Waals surface area contributed by atoms with Crippen molar-refractivity contribution >= 4 is 35.1 Å². The molecule has 1 amide bonds. The summed E-state index contributed by atoms with van der Waals surface area (Å²) in [6.45, 7) is 2.28. The number of hydrazone groups is 1. The maximum absolute atomic E-state index is 12.0. The lowest BCUT2D eigenvalue weighted by Gasteiger charge is -2.28. The lowest BCUT2D eigenvalue weighted by atomic mass is 10.1. The number of hydrogen-bond donors (Lipinski definition) is 1. The monoisotopic (exact) mass is 388 g/mol. The third-order valence-corrected chi connectivity index (χ3v) is 4.29. The van der Waals surface area contributed by atoms with Crippen LogP contribution in [-0.4, -0.2) is 43.3 Å². The third kappa shape index (κ3) is 4.81. The molecule has 0 atom stereocenters. The predicted octanol–water partition coefficient (Wildman–Crippen LogP) is 2.85. The van der Waals surface area contributed by atoms with Crippen molar-refractivity contribution in [3.05, 3.63) is 68.7 Å². The first-order valence-corrected chi connectivity index (χ1v) is 8.62. The first-order chi connectivity index (χ1) is 13.0. The number of nitro benzene ring substituents is 1. The van der Waals surface area contributed by atoms with Crippen molar-refractivity contribution in [1.82, 2.24) is 5.43 Å². The highest BCUT2D eigenvalue weighted by Crippen LogP contribution is 2.29. The van der Waals surface area contributed by atoms with E-state index < -0.39 is 10.8 Å². The Morgan fingerprint density at radius 2 is 1.93 bits per heavy atom. The standard InChI is InChI=1S/C18H17ClN4O4/c19-15-4-2-14(3-5-15)18(24)21-20-12-13-1-6-16(17(11-13)23(25)26)22-7-9-27-10-8-22/h1-6,11-12H,7-10H2,(H,21,24). The minimum atomic E-state index is -0.422. The van der Waals surface area contributed by atoms with Gasteiger partial charge in [-0.1, -0.05) is 17.7 Å². The van der Waals surface area contributed by atoms with E-state index in [0.29, 0.717) is 48.1 Å². The Labute approximate surface area is 160 Å². The average molecular weight is 389 g/mol. The lowest BCUT2D eigenvalue weighted by molar-refractivity contribution is -0.384. The molecule has 27 heavy (non-hydrogen) atoms. The molecule has 0 aliphatic carbocycles. The largest absolute Gasteiger partial charge is 0.378 e. The predicted molar refractivity (Wildman–Crippen MR) is 103 cm³/mol. The van der Waals surface area contributed by atoms with Crippen LogP contribution in [0.5, 0.6) is 0 Å². The van der Waals surface area contributed by atoms with Crippen LogP contribution in [-0.2, 0) is 4.74 Å². The van der Waals surface area contributed by atoms with Crippen molar-refractivity contribution in [2.45, 2.75) is 0 Å². The number of carbonyl (C=O) groups excluding carboxylic acids is 1. The minimum Gasteiger partial charge on any atom is -0.378 e. The van der Waals surface area contributed by atoms with E-state index in [2.05, 4.69) is 10.5 Å².